The van der Waals surface area contributed by atoms with E-state index in [1.807, 2.05) is 12.1 Å². The summed E-state index contributed by atoms with van der Waals surface area (Å²) >= 11 is 0. The van der Waals surface area contributed by atoms with Gasteiger partial charge in [-0.2, -0.15) is 9.29 Å². The quantitative estimate of drug-likeness (QED) is 0.535. The Balaban J connectivity index is 1.18. The normalized spacial score (nSPS) is 18.7. The fourth-order valence-corrected chi connectivity index (χ4v) is 5.98. The van der Waals surface area contributed by atoms with Gasteiger partial charge in [0.25, 0.3) is 0 Å². The van der Waals surface area contributed by atoms with Crippen molar-refractivity contribution in [3.8, 4) is 11.4 Å². The van der Waals surface area contributed by atoms with Crippen molar-refractivity contribution in [3.05, 3.63) is 65.5 Å². The molecule has 1 saturated heterocycles. The number of amides is 1. The molecule has 1 aliphatic carbocycles. The molecule has 0 bridgehead atoms. The number of hydrogen-bond donors (Lipinski definition) is 1. The Morgan fingerprint density at radius 3 is 2.66 bits per heavy atom. The Morgan fingerprint density at radius 2 is 1.86 bits per heavy atom. The van der Waals surface area contributed by atoms with Gasteiger partial charge < -0.3 is 14.6 Å². The van der Waals surface area contributed by atoms with Gasteiger partial charge in [-0.25, -0.2) is 8.42 Å². The van der Waals surface area contributed by atoms with Gasteiger partial charge in [-0.1, -0.05) is 29.4 Å². The Kier molecular flexibility index (Phi) is 6.94. The fourth-order valence-electron chi connectivity index (χ4n) is 4.58. The zero-order valence-electron chi connectivity index (χ0n) is 19.4. The lowest BCUT2D eigenvalue weighted by Crippen LogP contribution is -2.40. The van der Waals surface area contributed by atoms with E-state index in [2.05, 4.69) is 27.6 Å². The SMILES string of the molecule is O=C(CCc1nc(-c2ccc(S(=O)(=O)N3CCOCC3)cc2)no1)NC1CCCc2ccccc21. The van der Waals surface area contributed by atoms with Gasteiger partial charge in [0.15, 0.2) is 0 Å². The zero-order valence-corrected chi connectivity index (χ0v) is 20.2. The highest BCUT2D eigenvalue weighted by Gasteiger charge is 2.26. The van der Waals surface area contributed by atoms with E-state index in [1.165, 1.54) is 15.4 Å². The number of fused-ring (bicyclic) bond motifs is 1. The summed E-state index contributed by atoms with van der Waals surface area (Å²) in [4.78, 5) is 17.2. The van der Waals surface area contributed by atoms with E-state index in [0.29, 0.717) is 50.0 Å². The van der Waals surface area contributed by atoms with Gasteiger partial charge in [0.05, 0.1) is 24.2 Å². The second-order valence-corrected chi connectivity index (χ2v) is 10.7. The third kappa shape index (κ3) is 5.29. The first-order valence-corrected chi connectivity index (χ1v) is 13.3. The summed E-state index contributed by atoms with van der Waals surface area (Å²) in [5, 5.41) is 7.13. The molecule has 3 aromatic rings. The molecule has 1 unspecified atom stereocenters. The first-order valence-electron chi connectivity index (χ1n) is 11.9. The number of hydrogen-bond acceptors (Lipinski definition) is 7. The largest absolute Gasteiger partial charge is 0.379 e. The predicted molar refractivity (Wildman–Crippen MR) is 128 cm³/mol. The highest BCUT2D eigenvalue weighted by Crippen LogP contribution is 2.29. The summed E-state index contributed by atoms with van der Waals surface area (Å²) in [5.74, 6) is 0.672. The average molecular weight is 497 g/mol. The monoisotopic (exact) mass is 496 g/mol. The lowest BCUT2D eigenvalue weighted by molar-refractivity contribution is -0.122. The summed E-state index contributed by atoms with van der Waals surface area (Å²) in [6.07, 6.45) is 3.62. The summed E-state index contributed by atoms with van der Waals surface area (Å²) in [6.45, 7) is 1.49. The van der Waals surface area contributed by atoms with Crippen LogP contribution >= 0.6 is 0 Å². The van der Waals surface area contributed by atoms with Crippen LogP contribution in [0.25, 0.3) is 11.4 Å². The summed E-state index contributed by atoms with van der Waals surface area (Å²) in [6, 6.07) is 14.7. The van der Waals surface area contributed by atoms with Gasteiger partial charge in [-0.05, 0) is 54.7 Å². The van der Waals surface area contributed by atoms with Crippen LogP contribution < -0.4 is 5.32 Å². The molecule has 0 saturated carbocycles. The molecule has 5 rings (SSSR count). The molecule has 10 heteroatoms. The number of sulfonamides is 1. The van der Waals surface area contributed by atoms with Crippen molar-refractivity contribution in [1.82, 2.24) is 19.8 Å². The van der Waals surface area contributed by atoms with Crippen molar-refractivity contribution in [1.29, 1.82) is 0 Å². The molecular formula is C25H28N4O5S. The number of carbonyl (C=O) groups excluding carboxylic acids is 1. The first kappa shape index (κ1) is 23.7. The number of aryl methyl sites for hydroxylation is 2. The Morgan fingerprint density at radius 1 is 1.09 bits per heavy atom. The number of carbonyl (C=O) groups is 1. The predicted octanol–water partition coefficient (Wildman–Crippen LogP) is 2.88. The van der Waals surface area contributed by atoms with Crippen LogP contribution in [0.3, 0.4) is 0 Å². The lowest BCUT2D eigenvalue weighted by Gasteiger charge is -2.26. The van der Waals surface area contributed by atoms with Crippen LogP contribution in [0.5, 0.6) is 0 Å². The van der Waals surface area contributed by atoms with Crippen LogP contribution in [0.15, 0.2) is 57.9 Å². The average Bonchev–Trinajstić information content (AvgIpc) is 3.37. The van der Waals surface area contributed by atoms with Gasteiger partial charge >= 0.3 is 0 Å². The molecule has 1 atom stereocenters. The van der Waals surface area contributed by atoms with Crippen molar-refractivity contribution < 1.29 is 22.5 Å². The third-order valence-electron chi connectivity index (χ3n) is 6.46. The maximum absolute atomic E-state index is 12.8. The first-order chi connectivity index (χ1) is 17.0. The van der Waals surface area contributed by atoms with Crippen LogP contribution in [0.2, 0.25) is 0 Å². The molecule has 184 valence electrons. The molecule has 2 aromatic carbocycles. The number of morpholine rings is 1. The van der Waals surface area contributed by atoms with Crippen molar-refractivity contribution in [2.45, 2.75) is 43.0 Å². The zero-order chi connectivity index (χ0) is 24.3. The molecule has 1 aromatic heterocycles. The molecule has 9 nitrogen and oxygen atoms in total. The Hall–Kier alpha value is -3.08. The molecule has 0 spiro atoms. The van der Waals surface area contributed by atoms with Crippen molar-refractivity contribution in [3.63, 3.8) is 0 Å². The number of ether oxygens (including phenoxy) is 1. The molecular weight excluding hydrogens is 468 g/mol. The van der Waals surface area contributed by atoms with Gasteiger partial charge in [-0.15, -0.1) is 0 Å². The summed E-state index contributed by atoms with van der Waals surface area (Å²) < 4.78 is 37.6. The van der Waals surface area contributed by atoms with E-state index in [9.17, 15) is 13.2 Å². The number of aromatic nitrogens is 2. The van der Waals surface area contributed by atoms with E-state index in [1.54, 1.807) is 24.3 Å². The van der Waals surface area contributed by atoms with Crippen molar-refractivity contribution in [2.75, 3.05) is 26.3 Å². The van der Waals surface area contributed by atoms with Gasteiger partial charge in [0, 0.05) is 31.5 Å². The summed E-state index contributed by atoms with van der Waals surface area (Å²) in [7, 11) is -3.56. The number of rotatable bonds is 7. The van der Waals surface area contributed by atoms with Crippen LogP contribution in [0, 0.1) is 0 Å². The molecule has 1 N–H and O–H groups in total. The van der Waals surface area contributed by atoms with Gasteiger partial charge in [0.2, 0.25) is 27.6 Å². The summed E-state index contributed by atoms with van der Waals surface area (Å²) in [5.41, 5.74) is 3.14. The fraction of sp³-hybridized carbons (Fsp3) is 0.400. The van der Waals surface area contributed by atoms with Crippen molar-refractivity contribution in [2.24, 2.45) is 0 Å². The maximum atomic E-state index is 12.8. The molecule has 2 heterocycles. The minimum Gasteiger partial charge on any atom is -0.379 e. The highest BCUT2D eigenvalue weighted by molar-refractivity contribution is 7.89. The van der Waals surface area contributed by atoms with E-state index < -0.39 is 10.0 Å². The molecule has 35 heavy (non-hydrogen) atoms. The second kappa shape index (κ2) is 10.3. The lowest BCUT2D eigenvalue weighted by atomic mass is 9.87. The van der Waals surface area contributed by atoms with Crippen LogP contribution in [0.4, 0.5) is 0 Å². The van der Waals surface area contributed by atoms with E-state index in [4.69, 9.17) is 9.26 Å². The highest BCUT2D eigenvalue weighted by atomic mass is 32.2. The van der Waals surface area contributed by atoms with Crippen LogP contribution in [0.1, 0.15) is 42.3 Å². The Bertz CT molecular complexity index is 1280. The van der Waals surface area contributed by atoms with Crippen LogP contribution in [-0.2, 0) is 32.4 Å². The molecule has 1 amide bonds. The van der Waals surface area contributed by atoms with E-state index >= 15 is 0 Å². The van der Waals surface area contributed by atoms with Crippen molar-refractivity contribution >= 4 is 15.9 Å². The second-order valence-electron chi connectivity index (χ2n) is 8.76. The number of nitrogens with one attached hydrogen (secondary N) is 1. The third-order valence-corrected chi connectivity index (χ3v) is 8.37. The van der Waals surface area contributed by atoms with E-state index in [0.717, 1.165) is 19.3 Å². The number of benzene rings is 2. The minimum atomic E-state index is -3.56. The standard InChI is InChI=1S/C25H28N4O5S/c30-23(26-22-7-3-5-18-4-1-2-6-21(18)22)12-13-24-27-25(28-34-24)19-8-10-20(11-9-19)35(31,32)29-14-16-33-17-15-29/h1-2,4,6,8-11,22H,3,5,7,12-17H2,(H,26,30). The van der Waals surface area contributed by atoms with Crippen LogP contribution in [-0.4, -0.2) is 55.1 Å². The minimum absolute atomic E-state index is 0.0398. The topological polar surface area (TPSA) is 115 Å². The molecule has 0 radical (unpaired) electrons. The maximum Gasteiger partial charge on any atom is 0.243 e. The van der Waals surface area contributed by atoms with E-state index in [-0.39, 0.29) is 23.3 Å². The molecule has 1 fully saturated rings. The van der Waals surface area contributed by atoms with Gasteiger partial charge in [0.1, 0.15) is 0 Å². The Labute approximate surface area is 204 Å². The number of nitrogens with zero attached hydrogens (tertiary/aromatic N) is 3. The van der Waals surface area contributed by atoms with Gasteiger partial charge in [-0.3, -0.25) is 4.79 Å². The molecule has 1 aliphatic heterocycles. The molecule has 2 aliphatic rings. The smallest absolute Gasteiger partial charge is 0.243 e.